The first-order valence-corrected chi connectivity index (χ1v) is 3.79. The number of benzene rings is 1. The van der Waals surface area contributed by atoms with E-state index in [1.807, 2.05) is 0 Å². The molecule has 1 aromatic carbocycles. The minimum Gasteiger partial charge on any atom is -0.508 e. The Morgan fingerprint density at radius 3 is 3.09 bits per heavy atom. The largest absolute Gasteiger partial charge is 0.508 e. The lowest BCUT2D eigenvalue weighted by molar-refractivity contribution is 0.356. The molecule has 2 rings (SSSR count). The van der Waals surface area contributed by atoms with E-state index in [4.69, 9.17) is 21.4 Å². The predicted molar refractivity (Wildman–Crippen MR) is 42.3 cm³/mol. The zero-order valence-electron chi connectivity index (χ0n) is 5.80. The quantitative estimate of drug-likeness (QED) is 0.645. The van der Waals surface area contributed by atoms with Gasteiger partial charge in [0.2, 0.25) is 0 Å². The lowest BCUT2D eigenvalue weighted by Crippen LogP contribution is -1.86. The predicted octanol–water partition coefficient (Wildman–Crippen LogP) is 1.98. The molecule has 2 nitrogen and oxygen atoms in total. The number of rotatable bonds is 0. The molecule has 1 N–H and O–H groups in total. The summed E-state index contributed by atoms with van der Waals surface area (Å²) in [6, 6.07) is 3.18. The van der Waals surface area contributed by atoms with Crippen molar-refractivity contribution in [3.8, 4) is 11.5 Å². The van der Waals surface area contributed by atoms with E-state index in [9.17, 15) is 0 Å². The van der Waals surface area contributed by atoms with Gasteiger partial charge in [0.25, 0.3) is 0 Å². The van der Waals surface area contributed by atoms with Crippen LogP contribution in [-0.2, 0) is 6.42 Å². The number of phenols is 1. The van der Waals surface area contributed by atoms with Crippen molar-refractivity contribution in [2.75, 3.05) is 6.61 Å². The van der Waals surface area contributed by atoms with E-state index in [1.54, 1.807) is 6.07 Å². The summed E-state index contributed by atoms with van der Waals surface area (Å²) in [6.45, 7) is 0.665. The Kier molecular flexibility index (Phi) is 1.43. The van der Waals surface area contributed by atoms with Gasteiger partial charge in [0, 0.05) is 18.1 Å². The zero-order chi connectivity index (χ0) is 7.84. The molecule has 58 valence electrons. The molecule has 1 aromatic rings. The van der Waals surface area contributed by atoms with Gasteiger partial charge in [0.15, 0.2) is 0 Å². The van der Waals surface area contributed by atoms with Crippen LogP contribution < -0.4 is 4.74 Å². The first-order valence-electron chi connectivity index (χ1n) is 3.41. The molecule has 0 unspecified atom stereocenters. The van der Waals surface area contributed by atoms with Gasteiger partial charge in [-0.1, -0.05) is 11.6 Å². The Morgan fingerprint density at radius 2 is 2.27 bits per heavy atom. The number of aromatic hydroxyl groups is 1. The van der Waals surface area contributed by atoms with Crippen LogP contribution in [0.5, 0.6) is 11.5 Å². The van der Waals surface area contributed by atoms with E-state index in [0.29, 0.717) is 11.6 Å². The summed E-state index contributed by atoms with van der Waals surface area (Å²) in [6.07, 6.45) is 0.837. The van der Waals surface area contributed by atoms with E-state index in [2.05, 4.69) is 0 Å². The molecule has 0 atom stereocenters. The maximum Gasteiger partial charge on any atom is 0.141 e. The smallest absolute Gasteiger partial charge is 0.141 e. The van der Waals surface area contributed by atoms with Crippen molar-refractivity contribution in [3.05, 3.63) is 22.7 Å². The molecule has 0 amide bonds. The van der Waals surface area contributed by atoms with E-state index in [-0.39, 0.29) is 5.75 Å². The van der Waals surface area contributed by atoms with Crippen LogP contribution in [0.2, 0.25) is 5.02 Å². The van der Waals surface area contributed by atoms with Gasteiger partial charge in [-0.25, -0.2) is 0 Å². The molecule has 1 heterocycles. The molecular formula is C8H7ClO2. The summed E-state index contributed by atoms with van der Waals surface area (Å²) in [7, 11) is 0. The van der Waals surface area contributed by atoms with E-state index >= 15 is 0 Å². The van der Waals surface area contributed by atoms with E-state index in [0.717, 1.165) is 17.7 Å². The van der Waals surface area contributed by atoms with Crippen molar-refractivity contribution in [2.45, 2.75) is 6.42 Å². The first kappa shape index (κ1) is 6.80. The highest BCUT2D eigenvalue weighted by Crippen LogP contribution is 2.36. The van der Waals surface area contributed by atoms with Crippen LogP contribution in [0, 0.1) is 0 Å². The average Bonchev–Trinajstić information content (AvgIpc) is 2.34. The van der Waals surface area contributed by atoms with Crippen molar-refractivity contribution in [1.29, 1.82) is 0 Å². The lowest BCUT2D eigenvalue weighted by atomic mass is 10.1. The van der Waals surface area contributed by atoms with Gasteiger partial charge in [0.1, 0.15) is 11.5 Å². The van der Waals surface area contributed by atoms with Gasteiger partial charge < -0.3 is 9.84 Å². The lowest BCUT2D eigenvalue weighted by Gasteiger charge is -2.01. The molecule has 1 aliphatic rings. The third-order valence-corrected chi connectivity index (χ3v) is 2.00. The van der Waals surface area contributed by atoms with Crippen LogP contribution >= 0.6 is 11.6 Å². The molecule has 0 saturated carbocycles. The molecule has 0 fully saturated rings. The highest BCUT2D eigenvalue weighted by atomic mass is 35.5. The highest BCUT2D eigenvalue weighted by Gasteiger charge is 2.16. The Hall–Kier alpha value is -0.890. The van der Waals surface area contributed by atoms with Crippen LogP contribution in [0.15, 0.2) is 12.1 Å². The number of ether oxygens (including phenoxy) is 1. The van der Waals surface area contributed by atoms with Gasteiger partial charge >= 0.3 is 0 Å². The summed E-state index contributed by atoms with van der Waals surface area (Å²) in [4.78, 5) is 0. The van der Waals surface area contributed by atoms with Crippen molar-refractivity contribution in [2.24, 2.45) is 0 Å². The first-order chi connectivity index (χ1) is 5.27. The summed E-state index contributed by atoms with van der Waals surface area (Å²) in [5.41, 5.74) is 0.995. The standard InChI is InChI=1S/C8H7ClO2/c9-7-4-6(10)3-5-1-2-11-8(5)7/h3-4,10H,1-2H2. The second kappa shape index (κ2) is 2.31. The molecular weight excluding hydrogens is 164 g/mol. The summed E-state index contributed by atoms with van der Waals surface area (Å²) < 4.78 is 5.24. The molecule has 0 radical (unpaired) electrons. The minimum atomic E-state index is 0.208. The second-order valence-electron chi connectivity index (χ2n) is 2.51. The maximum atomic E-state index is 9.14. The Bertz CT molecular complexity index is 296. The van der Waals surface area contributed by atoms with E-state index < -0.39 is 0 Å². The van der Waals surface area contributed by atoms with Gasteiger partial charge in [-0.05, 0) is 6.07 Å². The van der Waals surface area contributed by atoms with E-state index in [1.165, 1.54) is 6.07 Å². The summed E-state index contributed by atoms with van der Waals surface area (Å²) in [5.74, 6) is 0.934. The Labute approximate surface area is 69.4 Å². The number of hydrogen-bond acceptors (Lipinski definition) is 2. The summed E-state index contributed by atoms with van der Waals surface area (Å²) >= 11 is 5.79. The number of phenolic OH excluding ortho intramolecular Hbond substituents is 1. The van der Waals surface area contributed by atoms with Crippen LogP contribution in [-0.4, -0.2) is 11.7 Å². The van der Waals surface area contributed by atoms with Crippen LogP contribution in [0.1, 0.15) is 5.56 Å². The molecule has 0 bridgehead atoms. The molecule has 0 aliphatic carbocycles. The van der Waals surface area contributed by atoms with Crippen molar-refractivity contribution < 1.29 is 9.84 Å². The second-order valence-corrected chi connectivity index (χ2v) is 2.92. The van der Waals surface area contributed by atoms with Crippen LogP contribution in [0.4, 0.5) is 0 Å². The van der Waals surface area contributed by atoms with Crippen molar-refractivity contribution >= 4 is 11.6 Å². The number of halogens is 1. The number of hydrogen-bond donors (Lipinski definition) is 1. The van der Waals surface area contributed by atoms with Crippen molar-refractivity contribution in [3.63, 3.8) is 0 Å². The molecule has 0 saturated heterocycles. The summed E-state index contributed by atoms with van der Waals surface area (Å²) in [5, 5.41) is 9.63. The van der Waals surface area contributed by atoms with Crippen LogP contribution in [0.25, 0.3) is 0 Å². The highest BCUT2D eigenvalue weighted by molar-refractivity contribution is 6.32. The Balaban J connectivity index is 2.60. The zero-order valence-corrected chi connectivity index (χ0v) is 6.56. The fourth-order valence-corrected chi connectivity index (χ4v) is 1.53. The number of fused-ring (bicyclic) bond motifs is 1. The molecule has 1 aliphatic heterocycles. The van der Waals surface area contributed by atoms with Crippen LogP contribution in [0.3, 0.4) is 0 Å². The maximum absolute atomic E-state index is 9.14. The van der Waals surface area contributed by atoms with Gasteiger partial charge in [-0.2, -0.15) is 0 Å². The van der Waals surface area contributed by atoms with Gasteiger partial charge in [-0.15, -0.1) is 0 Å². The third kappa shape index (κ3) is 1.03. The fourth-order valence-electron chi connectivity index (χ4n) is 1.24. The molecule has 3 heteroatoms. The van der Waals surface area contributed by atoms with Crippen molar-refractivity contribution in [1.82, 2.24) is 0 Å². The SMILES string of the molecule is Oc1cc(Cl)c2c(c1)CCO2. The topological polar surface area (TPSA) is 29.5 Å². The average molecular weight is 171 g/mol. The molecule has 11 heavy (non-hydrogen) atoms. The normalized spacial score (nSPS) is 14.3. The van der Waals surface area contributed by atoms with Gasteiger partial charge in [0.05, 0.1) is 11.6 Å². The Morgan fingerprint density at radius 1 is 1.45 bits per heavy atom. The minimum absolute atomic E-state index is 0.208. The monoisotopic (exact) mass is 170 g/mol. The third-order valence-electron chi connectivity index (χ3n) is 1.72. The fraction of sp³-hybridized carbons (Fsp3) is 0.250. The molecule has 0 spiro atoms. The van der Waals surface area contributed by atoms with Gasteiger partial charge in [-0.3, -0.25) is 0 Å². The molecule has 0 aromatic heterocycles.